The predicted octanol–water partition coefficient (Wildman–Crippen LogP) is 4.90. The number of benzene rings is 3. The maximum atomic E-state index is 12.0. The van der Waals surface area contributed by atoms with Gasteiger partial charge in [-0.2, -0.15) is 0 Å². The molecule has 20 heavy (non-hydrogen) atoms. The number of Topliss-reactive ketones (excluding diaryl/α,β-unsaturated/α-hetero) is 1. The maximum absolute atomic E-state index is 12.0. The van der Waals surface area contributed by atoms with E-state index in [9.17, 15) is 9.59 Å². The number of ketones is 1. The van der Waals surface area contributed by atoms with Gasteiger partial charge in [0.2, 0.25) is 5.78 Å². The van der Waals surface area contributed by atoms with E-state index in [0.29, 0.717) is 11.8 Å². The zero-order valence-electron chi connectivity index (χ0n) is 10.2. The molecule has 0 aliphatic carbocycles. The molecule has 0 atom stereocenters. The largest absolute Gasteiger partial charge is 0.294 e. The van der Waals surface area contributed by atoms with Crippen LogP contribution < -0.4 is 0 Å². The Morgan fingerprint density at radius 1 is 0.850 bits per heavy atom. The van der Waals surface area contributed by atoms with Crippen molar-refractivity contribution in [3.8, 4) is 0 Å². The van der Waals surface area contributed by atoms with Gasteiger partial charge in [0.15, 0.2) is 6.29 Å². The Bertz CT molecular complexity index is 869. The molecule has 0 heterocycles. The fourth-order valence-corrected chi connectivity index (χ4v) is 3.13. The van der Waals surface area contributed by atoms with Crippen LogP contribution in [0.5, 0.6) is 0 Å². The minimum Gasteiger partial charge on any atom is -0.294 e. The Balaban J connectivity index is 2.56. The van der Waals surface area contributed by atoms with E-state index in [4.69, 9.17) is 0 Å². The van der Waals surface area contributed by atoms with Gasteiger partial charge in [-0.05, 0) is 51.9 Å². The summed E-state index contributed by atoms with van der Waals surface area (Å²) in [6.45, 7) is 0. The van der Waals surface area contributed by atoms with Crippen molar-refractivity contribution in [3.63, 3.8) is 0 Å². The second-order valence-electron chi connectivity index (χ2n) is 4.46. The second-order valence-corrected chi connectivity index (χ2v) is 6.30. The molecule has 0 amide bonds. The molecule has 0 aromatic heterocycles. The maximum Gasteiger partial charge on any atom is 0.226 e. The van der Waals surface area contributed by atoms with Crippen LogP contribution in [0.3, 0.4) is 0 Å². The van der Waals surface area contributed by atoms with Crippen molar-refractivity contribution in [2.45, 2.75) is 0 Å². The summed E-state index contributed by atoms with van der Waals surface area (Å²) >= 11 is 6.83. The lowest BCUT2D eigenvalue weighted by Crippen LogP contribution is -2.02. The molecule has 0 unspecified atom stereocenters. The molecule has 0 saturated carbocycles. The Morgan fingerprint density at radius 3 is 2.30 bits per heavy atom. The van der Waals surface area contributed by atoms with Crippen molar-refractivity contribution in [2.75, 3.05) is 0 Å². The van der Waals surface area contributed by atoms with Crippen LogP contribution in [0.2, 0.25) is 0 Å². The third-order valence-electron chi connectivity index (χ3n) is 3.23. The van der Waals surface area contributed by atoms with Gasteiger partial charge < -0.3 is 0 Å². The summed E-state index contributed by atoms with van der Waals surface area (Å²) in [5.74, 6) is -0.499. The minimum absolute atomic E-state index is 0.372. The average molecular weight is 392 g/mol. The van der Waals surface area contributed by atoms with Crippen LogP contribution in [0.25, 0.3) is 21.5 Å². The van der Waals surface area contributed by atoms with Gasteiger partial charge in [-0.15, -0.1) is 0 Å². The quantitative estimate of drug-likeness (QED) is 0.269. The zero-order valence-corrected chi connectivity index (χ0v) is 13.4. The Kier molecular flexibility index (Phi) is 3.44. The van der Waals surface area contributed by atoms with Crippen molar-refractivity contribution in [3.05, 3.63) is 57.0 Å². The number of fused-ring (bicyclic) bond motifs is 2. The van der Waals surface area contributed by atoms with Gasteiger partial charge >= 0.3 is 0 Å². The monoisotopic (exact) mass is 390 g/mol. The first-order valence-electron chi connectivity index (χ1n) is 5.91. The van der Waals surface area contributed by atoms with Gasteiger partial charge in [0.05, 0.1) is 0 Å². The highest BCUT2D eigenvalue weighted by Crippen LogP contribution is 2.32. The smallest absolute Gasteiger partial charge is 0.226 e. The van der Waals surface area contributed by atoms with Crippen LogP contribution in [0, 0.1) is 0 Å². The summed E-state index contributed by atoms with van der Waals surface area (Å²) in [4.78, 5) is 23.0. The molecule has 0 spiro atoms. The standard InChI is InChI=1S/C16H8Br2O2/c17-11-3-4-13-10(6-11)5-9-1-2-12(18)7-14(9)16(13)15(20)8-19/h1-8H. The van der Waals surface area contributed by atoms with Crippen molar-refractivity contribution < 1.29 is 9.59 Å². The highest BCUT2D eigenvalue weighted by Gasteiger charge is 2.14. The van der Waals surface area contributed by atoms with Crippen molar-refractivity contribution >= 4 is 65.5 Å². The molecular formula is C16H8Br2O2. The van der Waals surface area contributed by atoms with Crippen LogP contribution >= 0.6 is 31.9 Å². The lowest BCUT2D eigenvalue weighted by Gasteiger charge is -2.09. The Labute approximate surface area is 132 Å². The third-order valence-corrected chi connectivity index (χ3v) is 4.22. The first kappa shape index (κ1) is 13.5. The average Bonchev–Trinajstić information content (AvgIpc) is 2.44. The van der Waals surface area contributed by atoms with E-state index < -0.39 is 5.78 Å². The summed E-state index contributed by atoms with van der Waals surface area (Å²) in [5, 5.41) is 3.44. The molecule has 0 bridgehead atoms. The third kappa shape index (κ3) is 2.19. The van der Waals surface area contributed by atoms with E-state index in [-0.39, 0.29) is 0 Å². The van der Waals surface area contributed by atoms with Gasteiger partial charge in [0.1, 0.15) is 0 Å². The molecule has 0 fully saturated rings. The Hall–Kier alpha value is -1.52. The normalized spacial score (nSPS) is 10.9. The first-order chi connectivity index (χ1) is 9.60. The molecule has 0 aliphatic rings. The Morgan fingerprint density at radius 2 is 1.55 bits per heavy atom. The molecule has 4 heteroatoms. The number of hydrogen-bond acceptors (Lipinski definition) is 2. The molecule has 3 aromatic carbocycles. The van der Waals surface area contributed by atoms with Crippen LogP contribution in [-0.2, 0) is 4.79 Å². The van der Waals surface area contributed by atoms with Gasteiger partial charge in [0.25, 0.3) is 0 Å². The predicted molar refractivity (Wildman–Crippen MR) is 87.2 cm³/mol. The number of halogens is 2. The first-order valence-corrected chi connectivity index (χ1v) is 7.50. The number of aldehydes is 1. The molecular weight excluding hydrogens is 384 g/mol. The van der Waals surface area contributed by atoms with E-state index in [1.807, 2.05) is 42.5 Å². The van der Waals surface area contributed by atoms with Crippen molar-refractivity contribution in [1.29, 1.82) is 0 Å². The van der Waals surface area contributed by atoms with Gasteiger partial charge in [-0.1, -0.05) is 44.0 Å². The molecule has 0 radical (unpaired) electrons. The lowest BCUT2D eigenvalue weighted by molar-refractivity contribution is -0.104. The molecule has 0 N–H and O–H groups in total. The van der Waals surface area contributed by atoms with Crippen LogP contribution in [0.4, 0.5) is 0 Å². The second kappa shape index (κ2) is 5.11. The SMILES string of the molecule is O=CC(=O)c1c2ccc(Br)cc2cc2ccc(Br)cc12. The molecule has 98 valence electrons. The van der Waals surface area contributed by atoms with Crippen LogP contribution in [-0.4, -0.2) is 12.1 Å². The zero-order chi connectivity index (χ0) is 14.3. The summed E-state index contributed by atoms with van der Waals surface area (Å²) < 4.78 is 1.81. The van der Waals surface area contributed by atoms with Crippen LogP contribution in [0.1, 0.15) is 10.4 Å². The van der Waals surface area contributed by atoms with E-state index in [1.54, 1.807) is 0 Å². The minimum atomic E-state index is -0.499. The topological polar surface area (TPSA) is 34.1 Å². The van der Waals surface area contributed by atoms with Gasteiger partial charge in [0, 0.05) is 14.5 Å². The van der Waals surface area contributed by atoms with E-state index in [1.165, 1.54) is 0 Å². The molecule has 3 rings (SSSR count). The highest BCUT2D eigenvalue weighted by atomic mass is 79.9. The highest BCUT2D eigenvalue weighted by molar-refractivity contribution is 9.10. The number of carbonyl (C=O) groups excluding carboxylic acids is 2. The van der Waals surface area contributed by atoms with Crippen molar-refractivity contribution in [2.24, 2.45) is 0 Å². The number of hydrogen-bond donors (Lipinski definition) is 0. The number of carbonyl (C=O) groups is 2. The molecule has 0 aliphatic heterocycles. The lowest BCUT2D eigenvalue weighted by atomic mass is 9.95. The molecule has 3 aromatic rings. The molecule has 2 nitrogen and oxygen atoms in total. The van der Waals surface area contributed by atoms with Crippen LogP contribution in [0.15, 0.2) is 51.4 Å². The fraction of sp³-hybridized carbons (Fsp3) is 0. The van der Waals surface area contributed by atoms with E-state index in [0.717, 1.165) is 30.5 Å². The van der Waals surface area contributed by atoms with Crippen molar-refractivity contribution in [1.82, 2.24) is 0 Å². The van der Waals surface area contributed by atoms with Gasteiger partial charge in [-0.25, -0.2) is 0 Å². The van der Waals surface area contributed by atoms with Gasteiger partial charge in [-0.3, -0.25) is 9.59 Å². The summed E-state index contributed by atoms with van der Waals surface area (Å²) in [6.07, 6.45) is 0.372. The fourth-order valence-electron chi connectivity index (χ4n) is 2.39. The summed E-state index contributed by atoms with van der Waals surface area (Å²) in [6, 6.07) is 13.4. The summed E-state index contributed by atoms with van der Waals surface area (Å²) in [5.41, 5.74) is 0.460. The van der Waals surface area contributed by atoms with E-state index >= 15 is 0 Å². The van der Waals surface area contributed by atoms with E-state index in [2.05, 4.69) is 31.9 Å². The molecule has 0 saturated heterocycles. The number of rotatable bonds is 2. The summed E-state index contributed by atoms with van der Waals surface area (Å²) in [7, 11) is 0.